The van der Waals surface area contributed by atoms with Crippen LogP contribution in [0.25, 0.3) is 6.08 Å². The highest BCUT2D eigenvalue weighted by Gasteiger charge is 2.18. The molecule has 0 atom stereocenters. The van der Waals surface area contributed by atoms with Gasteiger partial charge in [0, 0.05) is 42.5 Å². The van der Waals surface area contributed by atoms with Crippen LogP contribution >= 0.6 is 0 Å². The molecule has 0 saturated carbocycles. The van der Waals surface area contributed by atoms with Gasteiger partial charge < -0.3 is 9.64 Å². The van der Waals surface area contributed by atoms with Crippen LogP contribution in [0.4, 0.5) is 5.69 Å². The Morgan fingerprint density at radius 2 is 1.97 bits per heavy atom. The van der Waals surface area contributed by atoms with E-state index in [2.05, 4.69) is 29.1 Å². The number of aliphatic imine (C=N–C) groups is 1. The predicted molar refractivity (Wildman–Crippen MR) is 124 cm³/mol. The van der Waals surface area contributed by atoms with Gasteiger partial charge in [0.25, 0.3) is 4.92 Å². The van der Waals surface area contributed by atoms with Crippen molar-refractivity contribution in [3.05, 3.63) is 94.7 Å². The first-order valence-corrected chi connectivity index (χ1v) is 10.4. The van der Waals surface area contributed by atoms with E-state index in [9.17, 15) is 4.91 Å². The molecule has 0 spiro atoms. The Hall–Kier alpha value is -3.84. The average molecular weight is 430 g/mol. The van der Waals surface area contributed by atoms with Crippen molar-refractivity contribution >= 4 is 17.5 Å². The van der Waals surface area contributed by atoms with Crippen LogP contribution in [0.5, 0.6) is 11.5 Å². The highest BCUT2D eigenvalue weighted by molar-refractivity contribution is 6.11. The molecule has 1 aromatic heterocycles. The van der Waals surface area contributed by atoms with Gasteiger partial charge in [-0.2, -0.15) is 0 Å². The van der Waals surface area contributed by atoms with Gasteiger partial charge >= 0.3 is 5.69 Å². The quantitative estimate of drug-likeness (QED) is 0.527. The average Bonchev–Trinajstić information content (AvgIpc) is 2.81. The lowest BCUT2D eigenvalue weighted by molar-refractivity contribution is -0.736. The fourth-order valence-electron chi connectivity index (χ4n) is 3.53. The van der Waals surface area contributed by atoms with Crippen LogP contribution in [-0.2, 0) is 11.4 Å². The Balaban J connectivity index is 1.71. The molecular weight excluding hydrogens is 404 g/mol. The Morgan fingerprint density at radius 1 is 1.09 bits per heavy atom. The van der Waals surface area contributed by atoms with Gasteiger partial charge in [-0.3, -0.25) is 9.98 Å². The minimum Gasteiger partial charge on any atom is -0.455 e. The number of fused-ring (bicyclic) bond motifs is 1. The third-order valence-corrected chi connectivity index (χ3v) is 5.15. The molecule has 1 aliphatic rings. The molecule has 4 rings (SSSR count). The lowest BCUT2D eigenvalue weighted by atomic mass is 10.0. The second-order valence-electron chi connectivity index (χ2n) is 7.45. The Morgan fingerprint density at radius 3 is 2.78 bits per heavy atom. The number of aromatic nitrogens is 1. The molecule has 0 saturated heterocycles. The molecule has 0 bridgehead atoms. The van der Waals surface area contributed by atoms with Crippen LogP contribution in [0.15, 0.2) is 78.1 Å². The summed E-state index contributed by atoms with van der Waals surface area (Å²) in [6, 6.07) is 17.0. The first-order chi connectivity index (χ1) is 15.6. The van der Waals surface area contributed by atoms with Gasteiger partial charge in [-0.1, -0.05) is 24.3 Å². The number of benzene rings is 2. The zero-order valence-electron chi connectivity index (χ0n) is 18.1. The minimum absolute atomic E-state index is 0.368. The Kier molecular flexibility index (Phi) is 6.67. The van der Waals surface area contributed by atoms with E-state index in [1.165, 1.54) is 12.7 Å². The Labute approximate surface area is 187 Å². The molecule has 0 radical (unpaired) electrons. The number of rotatable bonds is 6. The van der Waals surface area contributed by atoms with Gasteiger partial charge in [0.1, 0.15) is 11.5 Å². The zero-order chi connectivity index (χ0) is 22.3. The van der Waals surface area contributed by atoms with Crippen LogP contribution in [0.1, 0.15) is 16.7 Å². The van der Waals surface area contributed by atoms with E-state index < -0.39 is 0 Å². The van der Waals surface area contributed by atoms with Crippen molar-refractivity contribution in [2.75, 3.05) is 27.2 Å². The third kappa shape index (κ3) is 5.07. The highest BCUT2D eigenvalue weighted by Crippen LogP contribution is 2.30. The molecule has 2 aromatic carbocycles. The number of hydrogen-bond acceptors (Lipinski definition) is 6. The van der Waals surface area contributed by atoms with Crippen molar-refractivity contribution in [2.45, 2.75) is 6.54 Å². The topological polar surface area (TPSA) is 67.0 Å². The van der Waals surface area contributed by atoms with Crippen molar-refractivity contribution in [1.82, 2.24) is 9.88 Å². The van der Waals surface area contributed by atoms with Gasteiger partial charge in [0.05, 0.1) is 23.4 Å². The van der Waals surface area contributed by atoms with Crippen LogP contribution in [0, 0.1) is 4.91 Å². The van der Waals surface area contributed by atoms with Crippen LogP contribution < -0.4 is 4.74 Å². The standard InChI is InChI=1S/C25H25N4O3/c1-28-15-14-27-24(23-8-4-3-6-20(23)18-28)11-9-19-16-21(29(30)31-2)10-12-25(19)32-22-7-5-13-26-17-22/h3-13,16-17H,14-15,18H2,1-2H3/q+1/b11-9+,27-24?. The normalized spacial score (nSPS) is 14.2. The van der Waals surface area contributed by atoms with E-state index in [0.717, 1.165) is 29.9 Å². The molecule has 0 amide bonds. The van der Waals surface area contributed by atoms with Crippen molar-refractivity contribution < 1.29 is 14.5 Å². The van der Waals surface area contributed by atoms with Gasteiger partial charge in [0.15, 0.2) is 7.11 Å². The monoisotopic (exact) mass is 429 g/mol. The molecule has 1 aliphatic heterocycles. The number of likely N-dealkylation sites (N-methyl/N-ethyl adjacent to an activating group) is 1. The summed E-state index contributed by atoms with van der Waals surface area (Å²) >= 11 is 0. The Bertz CT molecular complexity index is 1160. The number of allylic oxidation sites excluding steroid dienone is 1. The first-order valence-electron chi connectivity index (χ1n) is 10.4. The number of nitrogens with zero attached hydrogens (tertiary/aromatic N) is 4. The molecule has 0 fully saturated rings. The summed E-state index contributed by atoms with van der Waals surface area (Å²) in [6.07, 6.45) is 7.22. The third-order valence-electron chi connectivity index (χ3n) is 5.15. The van der Waals surface area contributed by atoms with Crippen LogP contribution in [0.3, 0.4) is 0 Å². The second-order valence-corrected chi connectivity index (χ2v) is 7.45. The summed E-state index contributed by atoms with van der Waals surface area (Å²) in [5.41, 5.74) is 4.32. The van der Waals surface area contributed by atoms with Crippen molar-refractivity contribution in [3.8, 4) is 11.5 Å². The summed E-state index contributed by atoms with van der Waals surface area (Å²) in [5.74, 6) is 1.21. The maximum Gasteiger partial charge on any atom is 0.317 e. The van der Waals surface area contributed by atoms with Crippen molar-refractivity contribution in [2.24, 2.45) is 4.99 Å². The molecule has 0 N–H and O–H groups in total. The lowest BCUT2D eigenvalue weighted by Gasteiger charge is -2.21. The van der Waals surface area contributed by atoms with Gasteiger partial charge in [-0.25, -0.2) is 4.84 Å². The molecule has 162 valence electrons. The smallest absolute Gasteiger partial charge is 0.317 e. The van der Waals surface area contributed by atoms with E-state index in [1.807, 2.05) is 30.4 Å². The maximum atomic E-state index is 12.0. The fraction of sp³-hybridized carbons (Fsp3) is 0.200. The number of pyridine rings is 1. The van der Waals surface area contributed by atoms with Crippen molar-refractivity contribution in [1.29, 1.82) is 0 Å². The molecule has 7 heteroatoms. The van der Waals surface area contributed by atoms with E-state index in [-0.39, 0.29) is 0 Å². The summed E-state index contributed by atoms with van der Waals surface area (Å²) in [5, 5.41) is 0. The number of ether oxygens (including phenoxy) is 1. The maximum absolute atomic E-state index is 12.0. The molecule has 32 heavy (non-hydrogen) atoms. The van der Waals surface area contributed by atoms with Crippen LogP contribution in [-0.4, -0.2) is 47.8 Å². The lowest BCUT2D eigenvalue weighted by Crippen LogP contribution is -2.25. The summed E-state index contributed by atoms with van der Waals surface area (Å²) in [6.45, 7) is 2.46. The number of hydrogen-bond donors (Lipinski definition) is 0. The molecular formula is C25H25N4O3+. The summed E-state index contributed by atoms with van der Waals surface area (Å²) < 4.78 is 6.02. The van der Waals surface area contributed by atoms with E-state index in [4.69, 9.17) is 14.6 Å². The summed E-state index contributed by atoms with van der Waals surface area (Å²) in [4.78, 5) is 28.5. The van der Waals surface area contributed by atoms with E-state index in [0.29, 0.717) is 28.7 Å². The molecule has 0 aliphatic carbocycles. The SMILES string of the molecule is CO[N+](=O)c1ccc(Oc2cccnc2)c(/C=C/C2=NCCN(C)Cc3ccccc32)c1. The zero-order valence-corrected chi connectivity index (χ0v) is 18.1. The summed E-state index contributed by atoms with van der Waals surface area (Å²) in [7, 11) is 3.44. The minimum atomic E-state index is 0.368. The molecule has 2 heterocycles. The molecule has 3 aromatic rings. The van der Waals surface area contributed by atoms with Crippen LogP contribution in [0.2, 0.25) is 0 Å². The van der Waals surface area contributed by atoms with Gasteiger partial charge in [-0.05, 0) is 43.0 Å². The first kappa shape index (κ1) is 21.4. The molecule has 7 nitrogen and oxygen atoms in total. The van der Waals surface area contributed by atoms with E-state index >= 15 is 0 Å². The van der Waals surface area contributed by atoms with Crippen molar-refractivity contribution in [3.63, 3.8) is 0 Å². The van der Waals surface area contributed by atoms with Gasteiger partial charge in [-0.15, -0.1) is 0 Å². The predicted octanol–water partition coefficient (Wildman–Crippen LogP) is 4.79. The molecule has 0 unspecified atom stereocenters. The van der Waals surface area contributed by atoms with E-state index in [1.54, 1.807) is 36.7 Å². The highest BCUT2D eigenvalue weighted by atomic mass is 16.8. The second kappa shape index (κ2) is 9.98. The van der Waals surface area contributed by atoms with Gasteiger partial charge in [0.2, 0.25) is 0 Å². The largest absolute Gasteiger partial charge is 0.455 e. The fourth-order valence-corrected chi connectivity index (χ4v) is 3.53.